The molecule has 2 fully saturated rings. The van der Waals surface area contributed by atoms with Crippen LogP contribution in [0.4, 0.5) is 15.8 Å². The molecule has 0 aromatic heterocycles. The molecule has 2 aliphatic rings. The number of nitrogens with one attached hydrogen (secondary N) is 1. The molecule has 0 aliphatic carbocycles. The Hall–Kier alpha value is -2.64. The number of nitrogens with zero attached hydrogens (tertiary/aromatic N) is 2. The first-order valence-corrected chi connectivity index (χ1v) is 9.91. The van der Waals surface area contributed by atoms with Crippen molar-refractivity contribution >= 4 is 34.8 Å². The summed E-state index contributed by atoms with van der Waals surface area (Å²) in [4.78, 5) is 30.3. The number of benzene rings is 2. The van der Waals surface area contributed by atoms with E-state index in [0.29, 0.717) is 16.5 Å². The monoisotopic (exact) mass is 418 g/mol. The summed E-state index contributed by atoms with van der Waals surface area (Å²) >= 11 is 6.08. The highest BCUT2D eigenvalue weighted by Crippen LogP contribution is 2.34. The van der Waals surface area contributed by atoms with Crippen LogP contribution in [0.15, 0.2) is 42.5 Å². The number of rotatable bonds is 4. The molecule has 0 unspecified atom stereocenters. The maximum absolute atomic E-state index is 13.1. The Morgan fingerprint density at radius 2 is 1.79 bits per heavy atom. The maximum Gasteiger partial charge on any atom is 0.292 e. The van der Waals surface area contributed by atoms with Gasteiger partial charge in [0.15, 0.2) is 6.04 Å². The Morgan fingerprint density at radius 1 is 1.10 bits per heavy atom. The average Bonchev–Trinajstić information content (AvgIpc) is 3.02. The average molecular weight is 419 g/mol. The molecule has 2 aromatic rings. The van der Waals surface area contributed by atoms with Gasteiger partial charge in [0.2, 0.25) is 5.91 Å². The van der Waals surface area contributed by atoms with E-state index in [1.165, 1.54) is 24.1 Å². The molecule has 0 saturated carbocycles. The molecule has 2 saturated heterocycles. The summed E-state index contributed by atoms with van der Waals surface area (Å²) in [6.45, 7) is 2.92. The first-order valence-electron chi connectivity index (χ1n) is 9.53. The van der Waals surface area contributed by atoms with Crippen molar-refractivity contribution in [3.63, 3.8) is 0 Å². The fourth-order valence-corrected chi connectivity index (χ4v) is 4.26. The highest BCUT2D eigenvalue weighted by Gasteiger charge is 2.47. The molecule has 2 heterocycles. The molecule has 2 aliphatic heterocycles. The van der Waals surface area contributed by atoms with Gasteiger partial charge in [-0.1, -0.05) is 11.6 Å². The molecule has 4 rings (SSSR count). The topological polar surface area (TPSA) is 54.3 Å². The number of methoxy groups -OCH3 is 1. The number of ether oxygens (including phenoxy) is 1. The number of hydrogen-bond donors (Lipinski definition) is 1. The minimum absolute atomic E-state index is 0.167. The van der Waals surface area contributed by atoms with Gasteiger partial charge < -0.3 is 14.5 Å². The minimum Gasteiger partial charge on any atom is -0.495 e. The number of anilines is 2. The fourth-order valence-electron chi connectivity index (χ4n) is 4.09. The molecule has 6 nitrogen and oxygen atoms in total. The first kappa shape index (κ1) is 19.7. The Labute approximate surface area is 173 Å². The fraction of sp³-hybridized carbons (Fsp3) is 0.333. The lowest BCUT2D eigenvalue weighted by molar-refractivity contribution is -0.915. The Bertz CT molecular complexity index is 929. The van der Waals surface area contributed by atoms with Gasteiger partial charge in [-0.25, -0.2) is 9.29 Å². The number of piperazine rings is 1. The highest BCUT2D eigenvalue weighted by atomic mass is 35.5. The van der Waals surface area contributed by atoms with Crippen molar-refractivity contribution < 1.29 is 23.6 Å². The van der Waals surface area contributed by atoms with Crippen LogP contribution in [0.1, 0.15) is 6.42 Å². The predicted octanol–water partition coefficient (Wildman–Crippen LogP) is 1.52. The standard InChI is InChI=1S/C21H21ClFN3O3/c1-29-19-7-2-14(22)12-17(19)26-20(27)13-18(21(26)28)25-10-8-24(9-11-25)16-5-3-15(23)4-6-16/h2-7,12,18H,8-11,13H2,1H3/p+1/t18-/m1/s1. The van der Waals surface area contributed by atoms with Gasteiger partial charge >= 0.3 is 0 Å². The number of amides is 2. The van der Waals surface area contributed by atoms with Gasteiger partial charge in [0.1, 0.15) is 11.6 Å². The number of carbonyl (C=O) groups excluding carboxylic acids is 2. The zero-order valence-electron chi connectivity index (χ0n) is 16.0. The van der Waals surface area contributed by atoms with Crippen LogP contribution in [0.5, 0.6) is 5.75 Å². The molecule has 1 N–H and O–H groups in total. The first-order chi connectivity index (χ1) is 14.0. The van der Waals surface area contributed by atoms with E-state index in [-0.39, 0.29) is 24.1 Å². The van der Waals surface area contributed by atoms with E-state index in [9.17, 15) is 14.0 Å². The molecule has 0 spiro atoms. The molecule has 152 valence electrons. The normalized spacial score (nSPS) is 20.4. The molecule has 0 bridgehead atoms. The third kappa shape index (κ3) is 3.80. The van der Waals surface area contributed by atoms with Crippen LogP contribution >= 0.6 is 11.6 Å². The Balaban J connectivity index is 1.47. The number of carbonyl (C=O) groups is 2. The van der Waals surface area contributed by atoms with Crippen LogP contribution < -0.4 is 19.4 Å². The quantitative estimate of drug-likeness (QED) is 0.765. The zero-order valence-corrected chi connectivity index (χ0v) is 16.8. The SMILES string of the molecule is COc1ccc(Cl)cc1N1C(=O)C[C@@H]([NH+]2CCN(c3ccc(F)cc3)CC2)C1=O. The van der Waals surface area contributed by atoms with Gasteiger partial charge in [-0.2, -0.15) is 0 Å². The van der Waals surface area contributed by atoms with Crippen molar-refractivity contribution in [1.29, 1.82) is 0 Å². The molecular formula is C21H22ClFN3O3+. The summed E-state index contributed by atoms with van der Waals surface area (Å²) in [5.74, 6) is -0.285. The largest absolute Gasteiger partial charge is 0.495 e. The van der Waals surface area contributed by atoms with Crippen molar-refractivity contribution in [2.45, 2.75) is 12.5 Å². The van der Waals surface area contributed by atoms with E-state index in [1.807, 2.05) is 0 Å². The summed E-state index contributed by atoms with van der Waals surface area (Å²) in [5, 5.41) is 0.435. The second-order valence-corrected chi connectivity index (χ2v) is 7.70. The van der Waals surface area contributed by atoms with Crippen molar-refractivity contribution in [2.24, 2.45) is 0 Å². The van der Waals surface area contributed by atoms with Crippen LogP contribution in [0.25, 0.3) is 0 Å². The number of halogens is 2. The van der Waals surface area contributed by atoms with E-state index >= 15 is 0 Å². The summed E-state index contributed by atoms with van der Waals surface area (Å²) in [7, 11) is 1.50. The number of imide groups is 1. The molecule has 2 aromatic carbocycles. The second kappa shape index (κ2) is 8.00. The van der Waals surface area contributed by atoms with E-state index in [4.69, 9.17) is 16.3 Å². The van der Waals surface area contributed by atoms with Crippen LogP contribution in [0.3, 0.4) is 0 Å². The van der Waals surface area contributed by atoms with Crippen molar-refractivity contribution in [3.8, 4) is 5.75 Å². The minimum atomic E-state index is -0.415. The van der Waals surface area contributed by atoms with E-state index in [0.717, 1.165) is 36.8 Å². The Morgan fingerprint density at radius 3 is 2.45 bits per heavy atom. The summed E-state index contributed by atoms with van der Waals surface area (Å²) in [6.07, 6.45) is 0.167. The summed E-state index contributed by atoms with van der Waals surface area (Å²) < 4.78 is 18.5. The highest BCUT2D eigenvalue weighted by molar-refractivity contribution is 6.31. The van der Waals surface area contributed by atoms with Crippen molar-refractivity contribution in [1.82, 2.24) is 0 Å². The molecule has 0 radical (unpaired) electrons. The lowest BCUT2D eigenvalue weighted by Gasteiger charge is -2.35. The zero-order chi connectivity index (χ0) is 20.5. The van der Waals surface area contributed by atoms with Gasteiger partial charge in [0.25, 0.3) is 5.91 Å². The van der Waals surface area contributed by atoms with Gasteiger partial charge in [-0.15, -0.1) is 0 Å². The maximum atomic E-state index is 13.1. The number of hydrogen-bond acceptors (Lipinski definition) is 4. The number of quaternary nitrogens is 1. The predicted molar refractivity (Wildman–Crippen MR) is 108 cm³/mol. The van der Waals surface area contributed by atoms with E-state index in [1.54, 1.807) is 30.3 Å². The molecule has 2 amide bonds. The van der Waals surface area contributed by atoms with Gasteiger partial charge in [0, 0.05) is 10.7 Å². The molecule has 1 atom stereocenters. The van der Waals surface area contributed by atoms with Crippen LogP contribution in [-0.2, 0) is 9.59 Å². The summed E-state index contributed by atoms with van der Waals surface area (Å²) in [6, 6.07) is 10.9. The van der Waals surface area contributed by atoms with Crippen molar-refractivity contribution in [2.75, 3.05) is 43.1 Å². The summed E-state index contributed by atoms with van der Waals surface area (Å²) in [5.41, 5.74) is 1.35. The van der Waals surface area contributed by atoms with E-state index < -0.39 is 6.04 Å². The van der Waals surface area contributed by atoms with Crippen molar-refractivity contribution in [3.05, 3.63) is 53.3 Å². The molecule has 8 heteroatoms. The third-order valence-electron chi connectivity index (χ3n) is 5.62. The van der Waals surface area contributed by atoms with Crippen LogP contribution in [0, 0.1) is 5.82 Å². The smallest absolute Gasteiger partial charge is 0.292 e. The van der Waals surface area contributed by atoms with Gasteiger partial charge in [-0.3, -0.25) is 9.59 Å². The Kier molecular flexibility index (Phi) is 5.43. The van der Waals surface area contributed by atoms with Crippen LogP contribution in [0.2, 0.25) is 5.02 Å². The lowest BCUT2D eigenvalue weighted by atomic mass is 10.1. The third-order valence-corrected chi connectivity index (χ3v) is 5.85. The van der Waals surface area contributed by atoms with Crippen LogP contribution in [-0.4, -0.2) is 51.1 Å². The van der Waals surface area contributed by atoms with E-state index in [2.05, 4.69) is 4.90 Å². The molecule has 29 heavy (non-hydrogen) atoms. The van der Waals surface area contributed by atoms with Gasteiger partial charge in [-0.05, 0) is 42.5 Å². The van der Waals surface area contributed by atoms with Gasteiger partial charge in [0.05, 0.1) is 45.4 Å². The lowest BCUT2D eigenvalue weighted by Crippen LogP contribution is -3.19. The molecular weight excluding hydrogens is 397 g/mol. The second-order valence-electron chi connectivity index (χ2n) is 7.26.